The Morgan fingerprint density at radius 2 is 1.71 bits per heavy atom. The normalized spacial score (nSPS) is 23.0. The van der Waals surface area contributed by atoms with Crippen molar-refractivity contribution in [1.82, 2.24) is 4.90 Å². The number of carbonyl (C=O) groups is 1. The van der Waals surface area contributed by atoms with Gasteiger partial charge < -0.3 is 4.90 Å². The number of likely N-dealkylation sites (tertiary alicyclic amines) is 1. The molecule has 1 aromatic carbocycles. The van der Waals surface area contributed by atoms with Crippen LogP contribution in [0.25, 0.3) is 0 Å². The second-order valence-corrected chi connectivity index (χ2v) is 7.02. The highest BCUT2D eigenvalue weighted by Gasteiger charge is 2.31. The quantitative estimate of drug-likeness (QED) is 0.798. The zero-order valence-electron chi connectivity index (χ0n) is 13.4. The monoisotopic (exact) mass is 285 g/mol. The minimum absolute atomic E-state index is 0.317. The first-order valence-electron chi connectivity index (χ1n) is 8.51. The first-order chi connectivity index (χ1) is 10.1. The molecule has 114 valence electrons. The van der Waals surface area contributed by atoms with Gasteiger partial charge >= 0.3 is 0 Å². The molecule has 0 spiro atoms. The molecule has 2 fully saturated rings. The van der Waals surface area contributed by atoms with Gasteiger partial charge in [-0.1, -0.05) is 42.2 Å². The fourth-order valence-corrected chi connectivity index (χ4v) is 4.19. The topological polar surface area (TPSA) is 20.3 Å². The van der Waals surface area contributed by atoms with Crippen molar-refractivity contribution < 1.29 is 4.79 Å². The predicted molar refractivity (Wildman–Crippen MR) is 86.2 cm³/mol. The van der Waals surface area contributed by atoms with Crippen molar-refractivity contribution in [3.63, 3.8) is 0 Å². The maximum Gasteiger partial charge on any atom is 0.223 e. The molecule has 1 heterocycles. The van der Waals surface area contributed by atoms with E-state index in [9.17, 15) is 4.79 Å². The molecule has 1 saturated heterocycles. The van der Waals surface area contributed by atoms with E-state index < -0.39 is 0 Å². The van der Waals surface area contributed by atoms with Crippen molar-refractivity contribution in [3.05, 3.63) is 34.9 Å². The number of hydrogen-bond acceptors (Lipinski definition) is 1. The Labute approximate surface area is 128 Å². The standard InChI is InChI=1S/C19H27NO/c1-14-10-15(2)12-17(11-14)18-8-5-9-20(18)19(21)13-16-6-3-4-7-16/h10-12,16,18H,3-9,13H2,1-2H3. The highest BCUT2D eigenvalue weighted by Crippen LogP contribution is 2.35. The summed E-state index contributed by atoms with van der Waals surface area (Å²) in [6.45, 7) is 5.25. The van der Waals surface area contributed by atoms with Gasteiger partial charge in [0, 0.05) is 13.0 Å². The lowest BCUT2D eigenvalue weighted by molar-refractivity contribution is -0.133. The fraction of sp³-hybridized carbons (Fsp3) is 0.632. The summed E-state index contributed by atoms with van der Waals surface area (Å²) >= 11 is 0. The Balaban J connectivity index is 1.73. The number of hydrogen-bond donors (Lipinski definition) is 0. The molecule has 1 aliphatic heterocycles. The summed E-state index contributed by atoms with van der Waals surface area (Å²) in [5, 5.41) is 0. The summed E-state index contributed by atoms with van der Waals surface area (Å²) < 4.78 is 0. The van der Waals surface area contributed by atoms with Crippen LogP contribution in [0.5, 0.6) is 0 Å². The van der Waals surface area contributed by atoms with E-state index in [-0.39, 0.29) is 0 Å². The second-order valence-electron chi connectivity index (χ2n) is 7.02. The third-order valence-electron chi connectivity index (χ3n) is 5.14. The molecule has 2 nitrogen and oxygen atoms in total. The third-order valence-corrected chi connectivity index (χ3v) is 5.14. The summed E-state index contributed by atoms with van der Waals surface area (Å²) in [5.41, 5.74) is 3.95. The Bertz CT molecular complexity index is 496. The summed E-state index contributed by atoms with van der Waals surface area (Å²) in [5.74, 6) is 1.04. The van der Waals surface area contributed by atoms with Gasteiger partial charge in [0.2, 0.25) is 5.91 Å². The third kappa shape index (κ3) is 3.30. The van der Waals surface area contributed by atoms with Gasteiger partial charge in [-0.2, -0.15) is 0 Å². The average molecular weight is 285 g/mol. The average Bonchev–Trinajstić information content (AvgIpc) is 3.07. The minimum atomic E-state index is 0.317. The summed E-state index contributed by atoms with van der Waals surface area (Å²) in [6.07, 6.45) is 8.20. The molecular weight excluding hydrogens is 258 g/mol. The van der Waals surface area contributed by atoms with Crippen LogP contribution in [0.3, 0.4) is 0 Å². The molecule has 1 aromatic rings. The molecule has 2 aliphatic rings. The molecule has 1 saturated carbocycles. The molecule has 0 N–H and O–H groups in total. The van der Waals surface area contributed by atoms with E-state index >= 15 is 0 Å². The molecule has 1 unspecified atom stereocenters. The lowest BCUT2D eigenvalue weighted by Gasteiger charge is -2.27. The van der Waals surface area contributed by atoms with Crippen LogP contribution in [0.4, 0.5) is 0 Å². The van der Waals surface area contributed by atoms with Gasteiger partial charge in [-0.25, -0.2) is 0 Å². The van der Waals surface area contributed by atoms with Crippen LogP contribution in [0.2, 0.25) is 0 Å². The Morgan fingerprint density at radius 3 is 2.38 bits per heavy atom. The molecule has 2 heteroatoms. The number of aryl methyl sites for hydroxylation is 2. The van der Waals surface area contributed by atoms with Gasteiger partial charge in [0.05, 0.1) is 6.04 Å². The Morgan fingerprint density at radius 1 is 1.05 bits per heavy atom. The molecule has 1 amide bonds. The van der Waals surface area contributed by atoms with E-state index in [1.165, 1.54) is 42.4 Å². The van der Waals surface area contributed by atoms with Crippen molar-refractivity contribution in [3.8, 4) is 0 Å². The number of rotatable bonds is 3. The highest BCUT2D eigenvalue weighted by atomic mass is 16.2. The fourth-order valence-electron chi connectivity index (χ4n) is 4.19. The summed E-state index contributed by atoms with van der Waals surface area (Å²) in [7, 11) is 0. The van der Waals surface area contributed by atoms with Crippen LogP contribution < -0.4 is 0 Å². The summed E-state index contributed by atoms with van der Waals surface area (Å²) in [6, 6.07) is 7.05. The Kier molecular flexibility index (Phi) is 4.32. The van der Waals surface area contributed by atoms with E-state index in [1.54, 1.807) is 0 Å². The van der Waals surface area contributed by atoms with E-state index in [1.807, 2.05) is 0 Å². The molecular formula is C19H27NO. The van der Waals surface area contributed by atoms with E-state index in [4.69, 9.17) is 0 Å². The largest absolute Gasteiger partial charge is 0.336 e. The first-order valence-corrected chi connectivity index (χ1v) is 8.51. The zero-order valence-corrected chi connectivity index (χ0v) is 13.4. The van der Waals surface area contributed by atoms with E-state index in [2.05, 4.69) is 36.9 Å². The van der Waals surface area contributed by atoms with Crippen LogP contribution in [0, 0.1) is 19.8 Å². The maximum atomic E-state index is 12.7. The molecule has 1 atom stereocenters. The Hall–Kier alpha value is -1.31. The van der Waals surface area contributed by atoms with Crippen molar-refractivity contribution in [2.24, 2.45) is 5.92 Å². The van der Waals surface area contributed by atoms with E-state index in [0.717, 1.165) is 25.8 Å². The minimum Gasteiger partial charge on any atom is -0.336 e. The van der Waals surface area contributed by atoms with Gasteiger partial charge in [-0.3, -0.25) is 4.79 Å². The number of benzene rings is 1. The molecule has 0 radical (unpaired) electrons. The van der Waals surface area contributed by atoms with Crippen molar-refractivity contribution in [2.75, 3.05) is 6.54 Å². The van der Waals surface area contributed by atoms with Gasteiger partial charge in [-0.05, 0) is 51.0 Å². The van der Waals surface area contributed by atoms with Crippen LogP contribution in [-0.2, 0) is 4.79 Å². The van der Waals surface area contributed by atoms with Crippen molar-refractivity contribution in [2.45, 2.75) is 64.8 Å². The van der Waals surface area contributed by atoms with Gasteiger partial charge in [-0.15, -0.1) is 0 Å². The SMILES string of the molecule is Cc1cc(C)cc(C2CCCN2C(=O)CC2CCCC2)c1. The number of carbonyl (C=O) groups excluding carboxylic acids is 1. The van der Waals surface area contributed by atoms with Crippen LogP contribution >= 0.6 is 0 Å². The first kappa shape index (κ1) is 14.6. The van der Waals surface area contributed by atoms with Gasteiger partial charge in [0.25, 0.3) is 0 Å². The second kappa shape index (κ2) is 6.21. The maximum absolute atomic E-state index is 12.7. The summed E-state index contributed by atoms with van der Waals surface area (Å²) in [4.78, 5) is 14.8. The van der Waals surface area contributed by atoms with Gasteiger partial charge in [0.15, 0.2) is 0 Å². The predicted octanol–water partition coefficient (Wildman–Crippen LogP) is 4.55. The molecule has 1 aliphatic carbocycles. The van der Waals surface area contributed by atoms with Crippen molar-refractivity contribution in [1.29, 1.82) is 0 Å². The zero-order chi connectivity index (χ0) is 14.8. The van der Waals surface area contributed by atoms with Crippen molar-refractivity contribution >= 4 is 5.91 Å². The molecule has 3 rings (SSSR count). The number of amides is 1. The lowest BCUT2D eigenvalue weighted by atomic mass is 9.98. The highest BCUT2D eigenvalue weighted by molar-refractivity contribution is 5.77. The van der Waals surface area contributed by atoms with Crippen LogP contribution in [-0.4, -0.2) is 17.4 Å². The van der Waals surface area contributed by atoms with Crippen LogP contribution in [0.1, 0.15) is 67.7 Å². The van der Waals surface area contributed by atoms with E-state index in [0.29, 0.717) is 17.9 Å². The van der Waals surface area contributed by atoms with Crippen LogP contribution in [0.15, 0.2) is 18.2 Å². The molecule has 0 aromatic heterocycles. The smallest absolute Gasteiger partial charge is 0.223 e. The number of nitrogens with zero attached hydrogens (tertiary/aromatic N) is 1. The lowest BCUT2D eigenvalue weighted by Crippen LogP contribution is -2.31. The molecule has 0 bridgehead atoms. The molecule has 21 heavy (non-hydrogen) atoms. The van der Waals surface area contributed by atoms with Gasteiger partial charge in [0.1, 0.15) is 0 Å².